The van der Waals surface area contributed by atoms with Crippen LogP contribution >= 0.6 is 11.6 Å². The molecular formula is C12H13ClN2O. The Morgan fingerprint density at radius 3 is 3.19 bits per heavy atom. The van der Waals surface area contributed by atoms with Crippen LogP contribution in [0.25, 0.3) is 11.6 Å². The highest BCUT2D eigenvalue weighted by Crippen LogP contribution is 2.35. The van der Waals surface area contributed by atoms with Crippen molar-refractivity contribution < 1.29 is 4.42 Å². The molecule has 0 aromatic carbocycles. The van der Waals surface area contributed by atoms with Gasteiger partial charge in [0.15, 0.2) is 16.7 Å². The summed E-state index contributed by atoms with van der Waals surface area (Å²) in [5.41, 5.74) is 1.15. The van der Waals surface area contributed by atoms with Crippen molar-refractivity contribution >= 4 is 11.6 Å². The van der Waals surface area contributed by atoms with E-state index in [4.69, 9.17) is 16.0 Å². The van der Waals surface area contributed by atoms with Gasteiger partial charge in [-0.1, -0.05) is 11.6 Å². The van der Waals surface area contributed by atoms with Gasteiger partial charge < -0.3 is 8.98 Å². The molecule has 0 saturated carbocycles. The normalized spacial score (nSPS) is 19.8. The zero-order valence-corrected chi connectivity index (χ0v) is 9.87. The molecule has 0 bridgehead atoms. The van der Waals surface area contributed by atoms with E-state index in [1.165, 1.54) is 12.8 Å². The van der Waals surface area contributed by atoms with Crippen LogP contribution in [0.1, 0.15) is 31.5 Å². The molecule has 0 spiro atoms. The average Bonchev–Trinajstić information content (AvgIpc) is 2.87. The summed E-state index contributed by atoms with van der Waals surface area (Å²) in [7, 11) is 0. The number of aromatic nitrogens is 2. The third kappa shape index (κ3) is 1.39. The van der Waals surface area contributed by atoms with Crippen molar-refractivity contribution in [3.8, 4) is 11.6 Å². The summed E-state index contributed by atoms with van der Waals surface area (Å²) in [4.78, 5) is 4.42. The Labute approximate surface area is 99.0 Å². The SMILES string of the molecule is CC1CCCc2c(Cl)nc(-c3ccco3)n21. The monoisotopic (exact) mass is 236 g/mol. The van der Waals surface area contributed by atoms with Crippen LogP contribution < -0.4 is 0 Å². The van der Waals surface area contributed by atoms with Gasteiger partial charge in [0.05, 0.1) is 12.0 Å². The lowest BCUT2D eigenvalue weighted by molar-refractivity contribution is 0.431. The lowest BCUT2D eigenvalue weighted by Crippen LogP contribution is -2.15. The zero-order valence-electron chi connectivity index (χ0n) is 9.11. The Kier molecular flexibility index (Phi) is 2.28. The summed E-state index contributed by atoms with van der Waals surface area (Å²) in [5, 5.41) is 0.623. The molecule has 3 heterocycles. The maximum absolute atomic E-state index is 6.17. The molecule has 1 aliphatic rings. The average molecular weight is 237 g/mol. The maximum atomic E-state index is 6.17. The highest BCUT2D eigenvalue weighted by Gasteiger charge is 2.25. The number of nitrogens with zero attached hydrogens (tertiary/aromatic N) is 2. The van der Waals surface area contributed by atoms with E-state index in [-0.39, 0.29) is 0 Å². The summed E-state index contributed by atoms with van der Waals surface area (Å²) < 4.78 is 7.62. The van der Waals surface area contributed by atoms with Gasteiger partial charge in [0.25, 0.3) is 0 Å². The second-order valence-electron chi connectivity index (χ2n) is 4.26. The maximum Gasteiger partial charge on any atom is 0.178 e. The van der Waals surface area contributed by atoms with Crippen LogP contribution in [0.3, 0.4) is 0 Å². The third-order valence-corrected chi connectivity index (χ3v) is 3.48. The van der Waals surface area contributed by atoms with Gasteiger partial charge in [-0.15, -0.1) is 0 Å². The molecule has 3 nitrogen and oxygen atoms in total. The summed E-state index contributed by atoms with van der Waals surface area (Å²) in [6.07, 6.45) is 5.03. The third-order valence-electron chi connectivity index (χ3n) is 3.18. The van der Waals surface area contributed by atoms with Crippen molar-refractivity contribution in [1.82, 2.24) is 9.55 Å². The van der Waals surface area contributed by atoms with Gasteiger partial charge in [-0.2, -0.15) is 0 Å². The van der Waals surface area contributed by atoms with E-state index in [9.17, 15) is 0 Å². The zero-order chi connectivity index (χ0) is 11.1. The van der Waals surface area contributed by atoms with Gasteiger partial charge in [0.2, 0.25) is 0 Å². The molecule has 1 atom stereocenters. The molecule has 0 saturated heterocycles. The Morgan fingerprint density at radius 2 is 2.44 bits per heavy atom. The number of furan rings is 1. The number of halogens is 1. The first-order valence-electron chi connectivity index (χ1n) is 5.58. The fraction of sp³-hybridized carbons (Fsp3) is 0.417. The van der Waals surface area contributed by atoms with E-state index < -0.39 is 0 Å². The summed E-state index contributed by atoms with van der Waals surface area (Å²) in [6.45, 7) is 2.20. The number of hydrogen-bond acceptors (Lipinski definition) is 2. The molecule has 0 radical (unpaired) electrons. The Balaban J connectivity index is 2.20. The van der Waals surface area contributed by atoms with Crippen LogP contribution in [0.4, 0.5) is 0 Å². The first-order valence-corrected chi connectivity index (χ1v) is 5.95. The number of fused-ring (bicyclic) bond motifs is 1. The molecular weight excluding hydrogens is 224 g/mol. The lowest BCUT2D eigenvalue weighted by atomic mass is 10.0. The highest BCUT2D eigenvalue weighted by molar-refractivity contribution is 6.30. The molecule has 0 fully saturated rings. The minimum atomic E-state index is 0.448. The molecule has 0 N–H and O–H groups in total. The van der Waals surface area contributed by atoms with Gasteiger partial charge in [0, 0.05) is 6.04 Å². The first kappa shape index (κ1) is 9.97. The van der Waals surface area contributed by atoms with Crippen molar-refractivity contribution in [2.45, 2.75) is 32.2 Å². The molecule has 0 aliphatic carbocycles. The molecule has 4 heteroatoms. The van der Waals surface area contributed by atoms with Crippen LogP contribution in [-0.4, -0.2) is 9.55 Å². The van der Waals surface area contributed by atoms with Crippen molar-refractivity contribution in [2.24, 2.45) is 0 Å². The smallest absolute Gasteiger partial charge is 0.178 e. The van der Waals surface area contributed by atoms with E-state index in [0.717, 1.165) is 23.7 Å². The minimum absolute atomic E-state index is 0.448. The fourth-order valence-electron chi connectivity index (χ4n) is 2.41. The van der Waals surface area contributed by atoms with E-state index >= 15 is 0 Å². The van der Waals surface area contributed by atoms with Gasteiger partial charge in [-0.05, 0) is 38.3 Å². The Hall–Kier alpha value is -1.22. The van der Waals surface area contributed by atoms with Crippen LogP contribution in [0, 0.1) is 0 Å². The lowest BCUT2D eigenvalue weighted by Gasteiger charge is -2.23. The molecule has 2 aromatic heterocycles. The minimum Gasteiger partial charge on any atom is -0.461 e. The van der Waals surface area contributed by atoms with E-state index in [1.807, 2.05) is 12.1 Å². The van der Waals surface area contributed by atoms with Gasteiger partial charge in [0.1, 0.15) is 0 Å². The predicted molar refractivity (Wildman–Crippen MR) is 62.6 cm³/mol. The fourth-order valence-corrected chi connectivity index (χ4v) is 2.68. The Bertz CT molecular complexity index is 501. The topological polar surface area (TPSA) is 31.0 Å². The van der Waals surface area contributed by atoms with Crippen molar-refractivity contribution in [3.05, 3.63) is 29.2 Å². The van der Waals surface area contributed by atoms with Crippen molar-refractivity contribution in [2.75, 3.05) is 0 Å². The van der Waals surface area contributed by atoms with Crippen LogP contribution in [-0.2, 0) is 6.42 Å². The molecule has 3 rings (SSSR count). The van der Waals surface area contributed by atoms with Crippen molar-refractivity contribution in [3.63, 3.8) is 0 Å². The van der Waals surface area contributed by atoms with E-state index in [2.05, 4.69) is 16.5 Å². The second-order valence-corrected chi connectivity index (χ2v) is 4.62. The van der Waals surface area contributed by atoms with Gasteiger partial charge >= 0.3 is 0 Å². The largest absolute Gasteiger partial charge is 0.461 e. The van der Waals surface area contributed by atoms with Crippen LogP contribution in [0.2, 0.25) is 5.15 Å². The van der Waals surface area contributed by atoms with E-state index in [0.29, 0.717) is 11.2 Å². The molecule has 0 amide bonds. The predicted octanol–water partition coefficient (Wildman–Crippen LogP) is 3.69. The molecule has 16 heavy (non-hydrogen) atoms. The van der Waals surface area contributed by atoms with Crippen LogP contribution in [0.5, 0.6) is 0 Å². The number of hydrogen-bond donors (Lipinski definition) is 0. The standard InChI is InChI=1S/C12H13ClN2O/c1-8-4-2-5-9-11(13)14-12(15(8)9)10-6-3-7-16-10/h3,6-8H,2,4-5H2,1H3. The summed E-state index contributed by atoms with van der Waals surface area (Å²) >= 11 is 6.17. The Morgan fingerprint density at radius 1 is 1.56 bits per heavy atom. The highest BCUT2D eigenvalue weighted by atomic mass is 35.5. The molecule has 84 valence electrons. The molecule has 1 unspecified atom stereocenters. The second kappa shape index (κ2) is 3.67. The molecule has 2 aromatic rings. The number of rotatable bonds is 1. The van der Waals surface area contributed by atoms with E-state index in [1.54, 1.807) is 6.26 Å². The van der Waals surface area contributed by atoms with Gasteiger partial charge in [-0.25, -0.2) is 4.98 Å². The van der Waals surface area contributed by atoms with Gasteiger partial charge in [-0.3, -0.25) is 0 Å². The van der Waals surface area contributed by atoms with Crippen molar-refractivity contribution in [1.29, 1.82) is 0 Å². The summed E-state index contributed by atoms with van der Waals surface area (Å²) in [5.74, 6) is 1.65. The van der Waals surface area contributed by atoms with Crippen LogP contribution in [0.15, 0.2) is 22.8 Å². The summed E-state index contributed by atoms with van der Waals surface area (Å²) in [6, 6.07) is 4.25. The first-order chi connectivity index (χ1) is 7.77. The molecule has 1 aliphatic heterocycles. The number of imidazole rings is 1. The quantitative estimate of drug-likeness (QED) is 0.756.